The molecule has 2 N–H and O–H groups in total. The summed E-state index contributed by atoms with van der Waals surface area (Å²) in [7, 11) is 3.71. The molecule has 0 aliphatic carbocycles. The number of carbonyl (C=O) groups excluding carboxylic acids is 1. The molecular formula is C10H21N3O. The maximum absolute atomic E-state index is 11.2. The third-order valence-electron chi connectivity index (χ3n) is 2.89. The van der Waals surface area contributed by atoms with Gasteiger partial charge in [0.2, 0.25) is 5.91 Å². The van der Waals surface area contributed by atoms with Gasteiger partial charge in [0.1, 0.15) is 0 Å². The molecule has 2 atom stereocenters. The quantitative estimate of drug-likeness (QED) is 0.662. The Morgan fingerprint density at radius 1 is 1.64 bits per heavy atom. The van der Waals surface area contributed by atoms with Gasteiger partial charge in [-0.05, 0) is 33.4 Å². The van der Waals surface area contributed by atoms with Crippen molar-refractivity contribution in [1.29, 1.82) is 0 Å². The summed E-state index contributed by atoms with van der Waals surface area (Å²) in [6.45, 7) is 3.76. The molecule has 1 aliphatic rings. The minimum absolute atomic E-state index is 0.0960. The lowest BCUT2D eigenvalue weighted by molar-refractivity contribution is -0.122. The van der Waals surface area contributed by atoms with Gasteiger partial charge in [0, 0.05) is 19.1 Å². The summed E-state index contributed by atoms with van der Waals surface area (Å²) < 4.78 is 0. The van der Waals surface area contributed by atoms with E-state index in [0.29, 0.717) is 18.6 Å². The number of rotatable bonds is 3. The maximum Gasteiger partial charge on any atom is 0.233 e. The summed E-state index contributed by atoms with van der Waals surface area (Å²) in [6.07, 6.45) is 2.27. The summed E-state index contributed by atoms with van der Waals surface area (Å²) in [4.78, 5) is 13.3. The first-order valence-corrected chi connectivity index (χ1v) is 5.27. The molecule has 0 bridgehead atoms. The molecule has 0 aromatic rings. The number of hydrogen-bond donors (Lipinski definition) is 2. The highest BCUT2D eigenvalue weighted by molar-refractivity contribution is 5.77. The molecule has 1 fully saturated rings. The van der Waals surface area contributed by atoms with Crippen LogP contribution in [-0.4, -0.2) is 50.1 Å². The zero-order chi connectivity index (χ0) is 10.6. The standard InChI is InChI=1S/C10H21N3O/c1-8-6-9(4-5-12-8)13(3)7-10(14)11-2/h8-9,12H,4-7H2,1-3H3,(H,11,14). The van der Waals surface area contributed by atoms with Gasteiger partial charge in [-0.3, -0.25) is 9.69 Å². The minimum atomic E-state index is 0.0960. The van der Waals surface area contributed by atoms with E-state index in [1.54, 1.807) is 7.05 Å². The van der Waals surface area contributed by atoms with Gasteiger partial charge in [-0.1, -0.05) is 0 Å². The van der Waals surface area contributed by atoms with Crippen molar-refractivity contribution in [1.82, 2.24) is 15.5 Å². The molecule has 0 aromatic heterocycles. The van der Waals surface area contributed by atoms with Gasteiger partial charge >= 0.3 is 0 Å². The Balaban J connectivity index is 2.35. The molecule has 2 unspecified atom stereocenters. The van der Waals surface area contributed by atoms with Crippen LogP contribution in [0.25, 0.3) is 0 Å². The van der Waals surface area contributed by atoms with E-state index in [1.807, 2.05) is 7.05 Å². The molecule has 1 saturated heterocycles. The second-order valence-corrected chi connectivity index (χ2v) is 4.12. The van der Waals surface area contributed by atoms with Gasteiger partial charge in [-0.2, -0.15) is 0 Å². The first-order valence-electron chi connectivity index (χ1n) is 5.27. The van der Waals surface area contributed by atoms with E-state index in [9.17, 15) is 4.79 Å². The average molecular weight is 199 g/mol. The summed E-state index contributed by atoms with van der Waals surface area (Å²) in [5, 5.41) is 6.06. The van der Waals surface area contributed by atoms with Crippen LogP contribution in [0.1, 0.15) is 19.8 Å². The molecule has 1 amide bonds. The Bertz CT molecular complexity index is 196. The van der Waals surface area contributed by atoms with Crippen LogP contribution in [0.3, 0.4) is 0 Å². The van der Waals surface area contributed by atoms with Crippen LogP contribution in [0, 0.1) is 0 Å². The van der Waals surface area contributed by atoms with E-state index in [1.165, 1.54) is 0 Å². The summed E-state index contributed by atoms with van der Waals surface area (Å²) in [5.41, 5.74) is 0. The van der Waals surface area contributed by atoms with Crippen molar-refractivity contribution in [3.8, 4) is 0 Å². The third kappa shape index (κ3) is 3.27. The zero-order valence-corrected chi connectivity index (χ0v) is 9.34. The van der Waals surface area contributed by atoms with Gasteiger partial charge in [-0.25, -0.2) is 0 Å². The SMILES string of the molecule is CNC(=O)CN(C)C1CCNC(C)C1. The smallest absolute Gasteiger partial charge is 0.233 e. The van der Waals surface area contributed by atoms with E-state index in [0.717, 1.165) is 19.4 Å². The molecule has 1 heterocycles. The molecule has 0 spiro atoms. The Morgan fingerprint density at radius 3 is 2.93 bits per heavy atom. The predicted octanol–water partition coefficient (Wildman–Crippen LogP) is -0.195. The Morgan fingerprint density at radius 2 is 2.36 bits per heavy atom. The average Bonchev–Trinajstić information content (AvgIpc) is 2.17. The summed E-state index contributed by atoms with van der Waals surface area (Å²) >= 11 is 0. The van der Waals surface area contributed by atoms with Gasteiger partial charge in [0.05, 0.1) is 6.54 Å². The van der Waals surface area contributed by atoms with Crippen molar-refractivity contribution >= 4 is 5.91 Å². The molecule has 4 heteroatoms. The van der Waals surface area contributed by atoms with E-state index >= 15 is 0 Å². The molecule has 0 radical (unpaired) electrons. The molecule has 82 valence electrons. The van der Waals surface area contributed by atoms with E-state index in [-0.39, 0.29) is 5.91 Å². The van der Waals surface area contributed by atoms with Crippen LogP contribution in [-0.2, 0) is 4.79 Å². The predicted molar refractivity (Wildman–Crippen MR) is 57.2 cm³/mol. The molecule has 0 saturated carbocycles. The fraction of sp³-hybridized carbons (Fsp3) is 0.900. The Kier molecular flexibility index (Phi) is 4.35. The van der Waals surface area contributed by atoms with Crippen LogP contribution in [0.5, 0.6) is 0 Å². The van der Waals surface area contributed by atoms with Gasteiger partial charge < -0.3 is 10.6 Å². The van der Waals surface area contributed by atoms with Crippen molar-refractivity contribution in [3.63, 3.8) is 0 Å². The highest BCUT2D eigenvalue weighted by Crippen LogP contribution is 2.13. The van der Waals surface area contributed by atoms with Crippen molar-refractivity contribution < 1.29 is 4.79 Å². The first kappa shape index (κ1) is 11.5. The number of nitrogens with one attached hydrogen (secondary N) is 2. The lowest BCUT2D eigenvalue weighted by Crippen LogP contribution is -2.47. The number of hydrogen-bond acceptors (Lipinski definition) is 3. The van der Waals surface area contributed by atoms with Crippen molar-refractivity contribution in [3.05, 3.63) is 0 Å². The number of amides is 1. The van der Waals surface area contributed by atoms with Crippen LogP contribution in [0.15, 0.2) is 0 Å². The summed E-state index contributed by atoms with van der Waals surface area (Å²) in [6, 6.07) is 1.12. The van der Waals surface area contributed by atoms with Gasteiger partial charge in [0.15, 0.2) is 0 Å². The molecule has 1 rings (SSSR count). The van der Waals surface area contributed by atoms with Crippen LogP contribution in [0.4, 0.5) is 0 Å². The Labute approximate surface area is 86.0 Å². The maximum atomic E-state index is 11.2. The number of piperidine rings is 1. The molecular weight excluding hydrogens is 178 g/mol. The lowest BCUT2D eigenvalue weighted by Gasteiger charge is -2.34. The van der Waals surface area contributed by atoms with Crippen LogP contribution < -0.4 is 10.6 Å². The van der Waals surface area contributed by atoms with Crippen molar-refractivity contribution in [2.75, 3.05) is 27.2 Å². The highest BCUT2D eigenvalue weighted by Gasteiger charge is 2.22. The van der Waals surface area contributed by atoms with Gasteiger partial charge in [0.25, 0.3) is 0 Å². The third-order valence-corrected chi connectivity index (χ3v) is 2.89. The fourth-order valence-electron chi connectivity index (χ4n) is 1.94. The molecule has 0 aromatic carbocycles. The van der Waals surface area contributed by atoms with E-state index in [4.69, 9.17) is 0 Å². The second-order valence-electron chi connectivity index (χ2n) is 4.12. The number of nitrogens with zero attached hydrogens (tertiary/aromatic N) is 1. The number of likely N-dealkylation sites (N-methyl/N-ethyl adjacent to an activating group) is 2. The van der Waals surface area contributed by atoms with Crippen LogP contribution >= 0.6 is 0 Å². The number of carbonyl (C=O) groups is 1. The monoisotopic (exact) mass is 199 g/mol. The summed E-state index contributed by atoms with van der Waals surface area (Å²) in [5.74, 6) is 0.0960. The van der Waals surface area contributed by atoms with Crippen molar-refractivity contribution in [2.24, 2.45) is 0 Å². The van der Waals surface area contributed by atoms with Gasteiger partial charge in [-0.15, -0.1) is 0 Å². The van der Waals surface area contributed by atoms with Crippen molar-refractivity contribution in [2.45, 2.75) is 31.8 Å². The van der Waals surface area contributed by atoms with E-state index in [2.05, 4.69) is 22.5 Å². The minimum Gasteiger partial charge on any atom is -0.358 e. The highest BCUT2D eigenvalue weighted by atomic mass is 16.1. The molecule has 1 aliphatic heterocycles. The molecule has 4 nitrogen and oxygen atoms in total. The second kappa shape index (κ2) is 5.32. The fourth-order valence-corrected chi connectivity index (χ4v) is 1.94. The topological polar surface area (TPSA) is 44.4 Å². The largest absolute Gasteiger partial charge is 0.358 e. The molecule has 14 heavy (non-hydrogen) atoms. The first-order chi connectivity index (χ1) is 6.63. The zero-order valence-electron chi connectivity index (χ0n) is 9.34. The lowest BCUT2D eigenvalue weighted by atomic mass is 9.99. The van der Waals surface area contributed by atoms with Crippen LogP contribution in [0.2, 0.25) is 0 Å². The Hall–Kier alpha value is -0.610. The van der Waals surface area contributed by atoms with E-state index < -0.39 is 0 Å². The normalized spacial score (nSPS) is 27.7.